The summed E-state index contributed by atoms with van der Waals surface area (Å²) in [6, 6.07) is 3.15. The molecule has 15 heavy (non-hydrogen) atoms. The number of carbonyl (C=O) groups is 1. The Bertz CT molecular complexity index is 340. The molecule has 0 aromatic carbocycles. The Labute approximate surface area is 98.0 Å². The molecule has 0 aliphatic heterocycles. The Morgan fingerprint density at radius 2 is 2.33 bits per heavy atom. The third kappa shape index (κ3) is 4.17. The highest BCUT2D eigenvalue weighted by atomic mass is 35.5. The van der Waals surface area contributed by atoms with Crippen LogP contribution in [0.25, 0.3) is 0 Å². The molecule has 0 spiro atoms. The number of hydrogen-bond donors (Lipinski definition) is 2. The van der Waals surface area contributed by atoms with Crippen molar-refractivity contribution in [1.29, 1.82) is 0 Å². The topological polar surface area (TPSA) is 58.4 Å². The second-order valence-corrected chi connectivity index (χ2v) is 5.19. The third-order valence-corrected chi connectivity index (χ3v) is 2.97. The molecule has 4 nitrogen and oxygen atoms in total. The van der Waals surface area contributed by atoms with Gasteiger partial charge in [0.05, 0.1) is 10.4 Å². The number of nitrogens with two attached hydrogens (primary N) is 1. The van der Waals surface area contributed by atoms with E-state index in [9.17, 15) is 4.79 Å². The zero-order chi connectivity index (χ0) is 11.4. The normalized spacial score (nSPS) is 12.9. The van der Waals surface area contributed by atoms with Crippen molar-refractivity contribution in [3.8, 4) is 0 Å². The molecule has 0 aliphatic carbocycles. The lowest BCUT2D eigenvalue weighted by Gasteiger charge is -2.15. The van der Waals surface area contributed by atoms with Crippen LogP contribution in [0.15, 0.2) is 12.1 Å². The Balaban J connectivity index is 2.48. The van der Waals surface area contributed by atoms with Crippen LogP contribution in [0.1, 0.15) is 4.88 Å². The minimum Gasteiger partial charge on any atom is -0.320 e. The molecule has 1 atom stereocenters. The fourth-order valence-corrected chi connectivity index (χ4v) is 2.22. The summed E-state index contributed by atoms with van der Waals surface area (Å²) in [5.74, 6) is -0.190. The molecule has 0 saturated heterocycles. The molecule has 1 unspecified atom stereocenters. The van der Waals surface area contributed by atoms with Crippen molar-refractivity contribution in [2.45, 2.75) is 12.5 Å². The maximum absolute atomic E-state index is 11.5. The van der Waals surface area contributed by atoms with Crippen LogP contribution in [0.5, 0.6) is 0 Å². The van der Waals surface area contributed by atoms with Gasteiger partial charge >= 0.3 is 0 Å². The summed E-state index contributed by atoms with van der Waals surface area (Å²) in [6.45, 7) is 0. The number of carbonyl (C=O) groups excluding carboxylic acids is 1. The molecule has 0 radical (unpaired) electrons. The first kappa shape index (κ1) is 12.4. The monoisotopic (exact) mass is 247 g/mol. The number of hydrazine groups is 1. The summed E-state index contributed by atoms with van der Waals surface area (Å²) >= 11 is 7.22. The van der Waals surface area contributed by atoms with Gasteiger partial charge in [0.25, 0.3) is 5.91 Å². The van der Waals surface area contributed by atoms with Gasteiger partial charge < -0.3 is 5.73 Å². The van der Waals surface area contributed by atoms with E-state index in [1.165, 1.54) is 11.3 Å². The van der Waals surface area contributed by atoms with Crippen molar-refractivity contribution < 1.29 is 4.79 Å². The highest BCUT2D eigenvalue weighted by molar-refractivity contribution is 7.16. The fourth-order valence-electron chi connectivity index (χ4n) is 1.07. The second-order valence-electron chi connectivity index (χ2n) is 3.39. The molecule has 1 aromatic rings. The molecule has 1 rings (SSSR count). The summed E-state index contributed by atoms with van der Waals surface area (Å²) in [4.78, 5) is 12.5. The lowest BCUT2D eigenvalue weighted by atomic mass is 10.2. The van der Waals surface area contributed by atoms with Gasteiger partial charge in [-0.05, 0) is 12.1 Å². The summed E-state index contributed by atoms with van der Waals surface area (Å²) in [5, 5.41) is 1.57. The maximum atomic E-state index is 11.5. The lowest BCUT2D eigenvalue weighted by molar-refractivity contribution is -0.126. The van der Waals surface area contributed by atoms with Crippen molar-refractivity contribution in [3.05, 3.63) is 21.3 Å². The van der Waals surface area contributed by atoms with Crippen LogP contribution in [0.4, 0.5) is 0 Å². The zero-order valence-corrected chi connectivity index (χ0v) is 10.2. The number of thiophene rings is 1. The number of nitrogens with one attached hydrogen (secondary N) is 1. The number of amides is 1. The summed E-state index contributed by atoms with van der Waals surface area (Å²) in [7, 11) is 3.49. The Morgan fingerprint density at radius 3 is 2.80 bits per heavy atom. The molecular weight excluding hydrogens is 234 g/mol. The molecule has 0 saturated carbocycles. The highest BCUT2D eigenvalue weighted by Gasteiger charge is 2.15. The van der Waals surface area contributed by atoms with Crippen LogP contribution in [0, 0.1) is 0 Å². The first-order valence-electron chi connectivity index (χ1n) is 4.46. The van der Waals surface area contributed by atoms with E-state index >= 15 is 0 Å². The average molecular weight is 248 g/mol. The highest BCUT2D eigenvalue weighted by Crippen LogP contribution is 2.22. The first-order valence-corrected chi connectivity index (χ1v) is 5.66. The van der Waals surface area contributed by atoms with Gasteiger partial charge in [0.15, 0.2) is 0 Å². The molecule has 3 N–H and O–H groups in total. The number of hydrogen-bond acceptors (Lipinski definition) is 4. The average Bonchev–Trinajstić information content (AvgIpc) is 2.50. The van der Waals surface area contributed by atoms with Gasteiger partial charge in [0.2, 0.25) is 0 Å². The second kappa shape index (κ2) is 5.46. The largest absolute Gasteiger partial charge is 0.320 e. The molecule has 6 heteroatoms. The van der Waals surface area contributed by atoms with E-state index < -0.39 is 6.04 Å². The third-order valence-electron chi connectivity index (χ3n) is 1.72. The Hall–Kier alpha value is -0.620. The van der Waals surface area contributed by atoms with E-state index in [1.54, 1.807) is 25.2 Å². The minimum atomic E-state index is -0.540. The molecule has 1 aromatic heterocycles. The van der Waals surface area contributed by atoms with E-state index in [0.717, 1.165) is 4.88 Å². The predicted octanol–water partition coefficient (Wildman–Crippen LogP) is 0.864. The summed E-state index contributed by atoms with van der Waals surface area (Å²) < 4.78 is 0.713. The lowest BCUT2D eigenvalue weighted by Crippen LogP contribution is -2.47. The Morgan fingerprint density at radius 1 is 1.67 bits per heavy atom. The van der Waals surface area contributed by atoms with Crippen molar-refractivity contribution >= 4 is 28.8 Å². The van der Waals surface area contributed by atoms with Gasteiger partial charge in [-0.25, -0.2) is 5.01 Å². The van der Waals surface area contributed by atoms with E-state index in [-0.39, 0.29) is 5.91 Å². The van der Waals surface area contributed by atoms with E-state index in [1.807, 2.05) is 6.07 Å². The van der Waals surface area contributed by atoms with Gasteiger partial charge in [-0.2, -0.15) is 0 Å². The van der Waals surface area contributed by atoms with Gasteiger partial charge in [0, 0.05) is 25.4 Å². The fraction of sp³-hybridized carbons (Fsp3) is 0.444. The molecule has 0 fully saturated rings. The van der Waals surface area contributed by atoms with Crippen molar-refractivity contribution in [3.63, 3.8) is 0 Å². The molecule has 0 aliphatic rings. The first-order chi connectivity index (χ1) is 6.99. The number of nitrogens with zero attached hydrogens (tertiary/aromatic N) is 1. The number of halogens is 1. The quantitative estimate of drug-likeness (QED) is 0.776. The van der Waals surface area contributed by atoms with Gasteiger partial charge in [-0.3, -0.25) is 10.2 Å². The molecular formula is C9H14ClN3OS. The van der Waals surface area contributed by atoms with Gasteiger partial charge in [-0.1, -0.05) is 11.6 Å². The van der Waals surface area contributed by atoms with Crippen LogP contribution in [-0.4, -0.2) is 31.1 Å². The zero-order valence-electron chi connectivity index (χ0n) is 8.66. The summed E-state index contributed by atoms with van der Waals surface area (Å²) in [6.07, 6.45) is 0.511. The van der Waals surface area contributed by atoms with E-state index in [4.69, 9.17) is 17.3 Å². The summed E-state index contributed by atoms with van der Waals surface area (Å²) in [5.41, 5.74) is 8.34. The van der Waals surface area contributed by atoms with Crippen molar-refractivity contribution in [2.24, 2.45) is 5.73 Å². The van der Waals surface area contributed by atoms with Crippen LogP contribution >= 0.6 is 22.9 Å². The van der Waals surface area contributed by atoms with Gasteiger partial charge in [-0.15, -0.1) is 11.3 Å². The number of rotatable bonds is 4. The van der Waals surface area contributed by atoms with Crippen LogP contribution in [-0.2, 0) is 11.2 Å². The predicted molar refractivity (Wildman–Crippen MR) is 62.8 cm³/mol. The SMILES string of the molecule is CN(C)NC(=O)C(N)Cc1ccc(Cl)s1. The van der Waals surface area contributed by atoms with E-state index in [0.29, 0.717) is 10.8 Å². The molecule has 84 valence electrons. The minimum absolute atomic E-state index is 0.190. The van der Waals surface area contributed by atoms with Crippen LogP contribution in [0.2, 0.25) is 4.34 Å². The van der Waals surface area contributed by atoms with Crippen molar-refractivity contribution in [2.75, 3.05) is 14.1 Å². The maximum Gasteiger partial charge on any atom is 0.251 e. The van der Waals surface area contributed by atoms with E-state index in [2.05, 4.69) is 5.43 Å². The standard InChI is InChI=1S/C9H14ClN3OS/c1-13(2)12-9(14)7(11)5-6-3-4-8(10)15-6/h3-4,7H,5,11H2,1-2H3,(H,12,14). The molecule has 1 amide bonds. The van der Waals surface area contributed by atoms with Crippen LogP contribution < -0.4 is 11.2 Å². The van der Waals surface area contributed by atoms with Crippen LogP contribution in [0.3, 0.4) is 0 Å². The van der Waals surface area contributed by atoms with Gasteiger partial charge in [0.1, 0.15) is 0 Å². The Kier molecular flexibility index (Phi) is 4.53. The molecule has 0 bridgehead atoms. The smallest absolute Gasteiger partial charge is 0.251 e. The van der Waals surface area contributed by atoms with Crippen molar-refractivity contribution in [1.82, 2.24) is 10.4 Å². The molecule has 1 heterocycles.